The van der Waals surface area contributed by atoms with E-state index in [2.05, 4.69) is 15.9 Å². The summed E-state index contributed by atoms with van der Waals surface area (Å²) in [5, 5.41) is 10.5. The second-order valence-electron chi connectivity index (χ2n) is 7.48. The molecule has 1 saturated heterocycles. The van der Waals surface area contributed by atoms with Gasteiger partial charge in [0.25, 0.3) is 0 Å². The highest BCUT2D eigenvalue weighted by Crippen LogP contribution is 2.54. The minimum absolute atomic E-state index is 0.0258. The summed E-state index contributed by atoms with van der Waals surface area (Å²) in [6, 6.07) is 0. The van der Waals surface area contributed by atoms with Crippen LogP contribution in [0.2, 0.25) is 0 Å². The maximum atomic E-state index is 13.8. The van der Waals surface area contributed by atoms with Crippen molar-refractivity contribution in [3.63, 3.8) is 0 Å². The molecule has 1 aliphatic heterocycles. The van der Waals surface area contributed by atoms with Gasteiger partial charge in [-0.15, -0.1) is 0 Å². The summed E-state index contributed by atoms with van der Waals surface area (Å²) in [5.41, 5.74) is -0.755. The highest BCUT2D eigenvalue weighted by Gasteiger charge is 2.58. The van der Waals surface area contributed by atoms with Crippen LogP contribution < -0.4 is 0 Å². The van der Waals surface area contributed by atoms with Gasteiger partial charge in [0.2, 0.25) is 0 Å². The van der Waals surface area contributed by atoms with Gasteiger partial charge in [0.15, 0.2) is 11.4 Å². The second-order valence-corrected chi connectivity index (χ2v) is 8.67. The van der Waals surface area contributed by atoms with Crippen molar-refractivity contribution in [2.24, 2.45) is 11.3 Å². The van der Waals surface area contributed by atoms with Gasteiger partial charge in [-0.1, -0.05) is 29.3 Å². The lowest BCUT2D eigenvalue weighted by atomic mass is 9.56. The maximum absolute atomic E-state index is 13.8. The summed E-state index contributed by atoms with van der Waals surface area (Å²) < 4.78 is 6.46. The molecule has 0 amide bonds. The first-order valence-electron chi connectivity index (χ1n) is 8.99. The molecular weight excluding hydrogens is 372 g/mol. The maximum Gasteiger partial charge on any atom is 0.306 e. The standard InChI is InChI=1S/C19H29BrO4/c1-5-14(13(3)21)19(10-7-6-8-15(19)12(2)20)17(23)18(4)11-9-16(22)24-18/h13-14,21H,5-11H2,1-4H3/b15-12+. The summed E-state index contributed by atoms with van der Waals surface area (Å²) in [5.74, 6) is -0.506. The molecule has 4 unspecified atom stereocenters. The smallest absolute Gasteiger partial charge is 0.306 e. The molecular formula is C19H29BrO4. The van der Waals surface area contributed by atoms with Gasteiger partial charge in [0, 0.05) is 18.8 Å². The number of esters is 1. The Bertz CT molecular complexity index is 550. The Morgan fingerprint density at radius 3 is 2.46 bits per heavy atom. The van der Waals surface area contributed by atoms with E-state index in [1.165, 1.54) is 0 Å². The van der Waals surface area contributed by atoms with E-state index in [0.717, 1.165) is 29.3 Å². The molecule has 0 aromatic heterocycles. The summed E-state index contributed by atoms with van der Waals surface area (Å²) in [6.07, 6.45) is 4.36. The lowest BCUT2D eigenvalue weighted by Crippen LogP contribution is -2.54. The van der Waals surface area contributed by atoms with E-state index in [0.29, 0.717) is 19.3 Å². The number of aliphatic hydroxyl groups is 1. The van der Waals surface area contributed by atoms with Gasteiger partial charge >= 0.3 is 5.97 Å². The van der Waals surface area contributed by atoms with Gasteiger partial charge in [-0.2, -0.15) is 0 Å². The van der Waals surface area contributed by atoms with Gasteiger partial charge in [0.1, 0.15) is 0 Å². The molecule has 2 fully saturated rings. The van der Waals surface area contributed by atoms with Crippen LogP contribution in [0, 0.1) is 11.3 Å². The van der Waals surface area contributed by atoms with Gasteiger partial charge in [-0.05, 0) is 56.5 Å². The van der Waals surface area contributed by atoms with E-state index in [1.807, 2.05) is 13.8 Å². The lowest BCUT2D eigenvalue weighted by molar-refractivity contribution is -0.164. The third-order valence-electron chi connectivity index (χ3n) is 5.89. The summed E-state index contributed by atoms with van der Waals surface area (Å²) >= 11 is 3.60. The van der Waals surface area contributed by atoms with Crippen LogP contribution in [0.3, 0.4) is 0 Å². The summed E-state index contributed by atoms with van der Waals surface area (Å²) in [4.78, 5) is 25.5. The van der Waals surface area contributed by atoms with E-state index in [4.69, 9.17) is 4.74 Å². The minimum Gasteiger partial charge on any atom is -0.451 e. The second kappa shape index (κ2) is 7.28. The Labute approximate surface area is 153 Å². The number of aliphatic hydroxyl groups excluding tert-OH is 1. The van der Waals surface area contributed by atoms with E-state index >= 15 is 0 Å². The highest BCUT2D eigenvalue weighted by atomic mass is 79.9. The van der Waals surface area contributed by atoms with Crippen molar-refractivity contribution in [3.8, 4) is 0 Å². The molecule has 0 bridgehead atoms. The van der Waals surface area contributed by atoms with Crippen molar-refractivity contribution in [1.29, 1.82) is 0 Å². The van der Waals surface area contributed by atoms with Crippen LogP contribution in [-0.4, -0.2) is 28.6 Å². The zero-order valence-electron chi connectivity index (χ0n) is 15.2. The molecule has 0 aromatic carbocycles. The van der Waals surface area contributed by atoms with Gasteiger partial charge in [-0.25, -0.2) is 0 Å². The van der Waals surface area contributed by atoms with Crippen molar-refractivity contribution in [2.45, 2.75) is 84.3 Å². The number of rotatable bonds is 5. The monoisotopic (exact) mass is 400 g/mol. The van der Waals surface area contributed by atoms with Crippen LogP contribution >= 0.6 is 15.9 Å². The molecule has 4 nitrogen and oxygen atoms in total. The molecule has 1 saturated carbocycles. The number of hydrogen-bond acceptors (Lipinski definition) is 4. The van der Waals surface area contributed by atoms with Crippen LogP contribution in [0.15, 0.2) is 10.1 Å². The van der Waals surface area contributed by atoms with Crippen LogP contribution in [0.4, 0.5) is 0 Å². The number of carbonyl (C=O) groups is 2. The van der Waals surface area contributed by atoms with E-state index in [9.17, 15) is 14.7 Å². The Balaban J connectivity index is 2.60. The molecule has 5 heteroatoms. The van der Waals surface area contributed by atoms with Gasteiger partial charge in [0.05, 0.1) is 11.5 Å². The Morgan fingerprint density at radius 2 is 2.00 bits per heavy atom. The molecule has 2 rings (SSSR count). The first-order chi connectivity index (χ1) is 11.2. The molecule has 4 atom stereocenters. The Hall–Kier alpha value is -0.680. The lowest BCUT2D eigenvalue weighted by Gasteiger charge is -2.48. The van der Waals surface area contributed by atoms with E-state index in [-0.39, 0.29) is 24.1 Å². The topological polar surface area (TPSA) is 63.6 Å². The molecule has 0 radical (unpaired) electrons. The Morgan fingerprint density at radius 1 is 1.33 bits per heavy atom. The fraction of sp³-hybridized carbons (Fsp3) is 0.789. The van der Waals surface area contributed by atoms with Crippen molar-refractivity contribution < 1.29 is 19.4 Å². The van der Waals surface area contributed by atoms with Crippen LogP contribution in [0.25, 0.3) is 0 Å². The normalized spacial score (nSPS) is 35.3. The first kappa shape index (κ1) is 19.6. The van der Waals surface area contributed by atoms with Crippen molar-refractivity contribution in [1.82, 2.24) is 0 Å². The first-order valence-corrected chi connectivity index (χ1v) is 9.79. The highest BCUT2D eigenvalue weighted by molar-refractivity contribution is 9.11. The van der Waals surface area contributed by atoms with Crippen molar-refractivity contribution in [3.05, 3.63) is 10.1 Å². The molecule has 1 N–H and O–H groups in total. The minimum atomic E-state index is -1.08. The number of Topliss-reactive ketones (excluding diaryl/α,β-unsaturated/α-hetero) is 1. The third kappa shape index (κ3) is 3.22. The largest absolute Gasteiger partial charge is 0.451 e. The Kier molecular flexibility index (Phi) is 5.96. The fourth-order valence-electron chi connectivity index (χ4n) is 4.81. The van der Waals surface area contributed by atoms with Gasteiger partial charge < -0.3 is 9.84 Å². The summed E-state index contributed by atoms with van der Waals surface area (Å²) in [6.45, 7) is 7.50. The number of halogens is 1. The predicted octanol–water partition coefficient (Wildman–Crippen LogP) is 4.29. The van der Waals surface area contributed by atoms with Crippen LogP contribution in [-0.2, 0) is 14.3 Å². The van der Waals surface area contributed by atoms with Crippen molar-refractivity contribution in [2.75, 3.05) is 0 Å². The quantitative estimate of drug-likeness (QED) is 0.699. The molecule has 24 heavy (non-hydrogen) atoms. The number of ether oxygens (including phenoxy) is 1. The molecule has 0 aromatic rings. The molecule has 0 spiro atoms. The average Bonchev–Trinajstić information content (AvgIpc) is 2.87. The van der Waals surface area contributed by atoms with Gasteiger partial charge in [-0.3, -0.25) is 9.59 Å². The molecule has 1 heterocycles. The van der Waals surface area contributed by atoms with E-state index in [1.54, 1.807) is 13.8 Å². The third-order valence-corrected chi connectivity index (χ3v) is 6.37. The number of ketones is 1. The molecule has 136 valence electrons. The zero-order valence-corrected chi connectivity index (χ0v) is 16.7. The molecule has 2 aliphatic rings. The number of cyclic esters (lactones) is 1. The fourth-order valence-corrected chi connectivity index (χ4v) is 5.37. The zero-order chi connectivity index (χ0) is 18.1. The van der Waals surface area contributed by atoms with Crippen LogP contribution in [0.1, 0.15) is 72.6 Å². The average molecular weight is 401 g/mol. The SMILES string of the molecule is CCC(C(C)O)C1(C(=O)C2(C)CCC(=O)O2)CCCC/C1=C(/C)Br. The number of carbonyl (C=O) groups excluding carboxylic acids is 2. The summed E-state index contributed by atoms with van der Waals surface area (Å²) in [7, 11) is 0. The predicted molar refractivity (Wildman–Crippen MR) is 96.7 cm³/mol. The number of allylic oxidation sites excluding steroid dienone is 2. The molecule has 1 aliphatic carbocycles. The van der Waals surface area contributed by atoms with Crippen LogP contribution in [0.5, 0.6) is 0 Å². The van der Waals surface area contributed by atoms with E-state index < -0.39 is 17.1 Å². The van der Waals surface area contributed by atoms with Crippen molar-refractivity contribution >= 4 is 27.7 Å². The number of hydrogen-bond donors (Lipinski definition) is 1.